The van der Waals surface area contributed by atoms with Crippen molar-refractivity contribution in [2.45, 2.75) is 19.3 Å². The summed E-state index contributed by atoms with van der Waals surface area (Å²) in [6, 6.07) is 6.20. The lowest BCUT2D eigenvalue weighted by Crippen LogP contribution is -1.98. The Bertz CT molecular complexity index is 531. The van der Waals surface area contributed by atoms with Gasteiger partial charge in [0.05, 0.1) is 11.4 Å². The predicted octanol–water partition coefficient (Wildman–Crippen LogP) is 3.15. The smallest absolute Gasteiger partial charge is 0.136 e. The average molecular weight is 237 g/mol. The maximum Gasteiger partial charge on any atom is 0.136 e. The molecular weight excluding hydrogens is 227 g/mol. The van der Waals surface area contributed by atoms with Crippen molar-refractivity contribution in [1.82, 2.24) is 9.78 Å². The van der Waals surface area contributed by atoms with Crippen molar-refractivity contribution < 1.29 is 4.39 Å². The molecule has 1 aromatic heterocycles. The van der Waals surface area contributed by atoms with Gasteiger partial charge in [0.15, 0.2) is 0 Å². The standard InChI is InChI=1S/C12H10ClFN2/c13-12-10-2-1-3-11(10)15-16(12)9-6-4-8(14)5-7-9/h4-7H,1-3H2. The molecule has 0 spiro atoms. The van der Waals surface area contributed by atoms with E-state index in [0.29, 0.717) is 5.15 Å². The van der Waals surface area contributed by atoms with Gasteiger partial charge < -0.3 is 0 Å². The minimum atomic E-state index is -0.250. The molecule has 0 aliphatic heterocycles. The van der Waals surface area contributed by atoms with Crippen LogP contribution >= 0.6 is 11.6 Å². The third-order valence-corrected chi connectivity index (χ3v) is 3.30. The molecule has 0 bridgehead atoms. The molecule has 0 N–H and O–H groups in total. The van der Waals surface area contributed by atoms with Crippen LogP contribution in [0.1, 0.15) is 17.7 Å². The van der Waals surface area contributed by atoms with Crippen LogP contribution in [0.4, 0.5) is 4.39 Å². The average Bonchev–Trinajstić information content (AvgIpc) is 2.84. The van der Waals surface area contributed by atoms with Gasteiger partial charge in [-0.15, -0.1) is 0 Å². The van der Waals surface area contributed by atoms with Crippen LogP contribution in [0.3, 0.4) is 0 Å². The van der Waals surface area contributed by atoms with Crippen LogP contribution in [0.25, 0.3) is 5.69 Å². The summed E-state index contributed by atoms with van der Waals surface area (Å²) >= 11 is 6.25. The lowest BCUT2D eigenvalue weighted by Gasteiger charge is -2.03. The Kier molecular flexibility index (Phi) is 2.21. The van der Waals surface area contributed by atoms with Gasteiger partial charge >= 0.3 is 0 Å². The Balaban J connectivity index is 2.10. The van der Waals surface area contributed by atoms with Crippen molar-refractivity contribution in [3.8, 4) is 5.69 Å². The lowest BCUT2D eigenvalue weighted by molar-refractivity contribution is 0.627. The van der Waals surface area contributed by atoms with Crippen molar-refractivity contribution in [3.63, 3.8) is 0 Å². The molecule has 3 rings (SSSR count). The summed E-state index contributed by atoms with van der Waals surface area (Å²) in [5.74, 6) is -0.250. The highest BCUT2D eigenvalue weighted by Gasteiger charge is 2.21. The van der Waals surface area contributed by atoms with Gasteiger partial charge in [-0.1, -0.05) is 11.6 Å². The number of fused-ring (bicyclic) bond motifs is 1. The van der Waals surface area contributed by atoms with Crippen molar-refractivity contribution in [3.05, 3.63) is 46.5 Å². The molecule has 2 aromatic rings. The van der Waals surface area contributed by atoms with E-state index in [-0.39, 0.29) is 5.82 Å². The summed E-state index contributed by atoms with van der Waals surface area (Å²) in [6.45, 7) is 0. The number of benzene rings is 1. The fraction of sp³-hybridized carbons (Fsp3) is 0.250. The fourth-order valence-electron chi connectivity index (χ4n) is 2.11. The van der Waals surface area contributed by atoms with Crippen LogP contribution in [-0.4, -0.2) is 9.78 Å². The first-order valence-corrected chi connectivity index (χ1v) is 5.66. The molecule has 1 heterocycles. The maximum atomic E-state index is 12.8. The topological polar surface area (TPSA) is 17.8 Å². The second-order valence-corrected chi connectivity index (χ2v) is 4.32. The predicted molar refractivity (Wildman–Crippen MR) is 60.6 cm³/mol. The Hall–Kier alpha value is -1.35. The highest BCUT2D eigenvalue weighted by atomic mass is 35.5. The van der Waals surface area contributed by atoms with Crippen molar-refractivity contribution in [2.24, 2.45) is 0 Å². The molecule has 1 aliphatic rings. The van der Waals surface area contributed by atoms with E-state index in [1.807, 2.05) is 0 Å². The van der Waals surface area contributed by atoms with E-state index in [2.05, 4.69) is 5.10 Å². The Labute approximate surface area is 97.7 Å². The van der Waals surface area contributed by atoms with Crippen LogP contribution in [0.15, 0.2) is 24.3 Å². The zero-order valence-electron chi connectivity index (χ0n) is 8.58. The molecule has 1 aromatic carbocycles. The van der Waals surface area contributed by atoms with Crippen LogP contribution in [0, 0.1) is 5.82 Å². The zero-order valence-corrected chi connectivity index (χ0v) is 9.34. The van der Waals surface area contributed by atoms with Crippen LogP contribution in [-0.2, 0) is 12.8 Å². The minimum absolute atomic E-state index is 0.250. The van der Waals surface area contributed by atoms with E-state index in [1.165, 1.54) is 12.1 Å². The van der Waals surface area contributed by atoms with E-state index < -0.39 is 0 Å². The van der Waals surface area contributed by atoms with Crippen molar-refractivity contribution in [2.75, 3.05) is 0 Å². The first-order valence-electron chi connectivity index (χ1n) is 5.28. The molecular formula is C12H10ClFN2. The Morgan fingerprint density at radius 3 is 2.62 bits per heavy atom. The normalized spacial score (nSPS) is 14.1. The summed E-state index contributed by atoms with van der Waals surface area (Å²) in [5.41, 5.74) is 3.03. The van der Waals surface area contributed by atoms with Gasteiger partial charge in [0.2, 0.25) is 0 Å². The molecule has 16 heavy (non-hydrogen) atoms. The number of aromatic nitrogens is 2. The van der Waals surface area contributed by atoms with Crippen LogP contribution < -0.4 is 0 Å². The monoisotopic (exact) mass is 236 g/mol. The molecule has 0 saturated heterocycles. The summed E-state index contributed by atoms with van der Waals surface area (Å²) in [7, 11) is 0. The number of hydrogen-bond donors (Lipinski definition) is 0. The summed E-state index contributed by atoms with van der Waals surface area (Å²) < 4.78 is 14.5. The summed E-state index contributed by atoms with van der Waals surface area (Å²) in [5, 5.41) is 5.12. The zero-order chi connectivity index (χ0) is 11.1. The van der Waals surface area contributed by atoms with Gasteiger partial charge in [0, 0.05) is 5.56 Å². The van der Waals surface area contributed by atoms with Gasteiger partial charge in [-0.25, -0.2) is 9.07 Å². The van der Waals surface area contributed by atoms with Gasteiger partial charge in [0.1, 0.15) is 11.0 Å². The molecule has 0 unspecified atom stereocenters. The second kappa shape index (κ2) is 3.59. The highest BCUT2D eigenvalue weighted by molar-refractivity contribution is 6.30. The fourth-order valence-corrected chi connectivity index (χ4v) is 2.45. The van der Waals surface area contributed by atoms with Crippen molar-refractivity contribution >= 4 is 11.6 Å². The third-order valence-electron chi connectivity index (χ3n) is 2.92. The molecule has 0 radical (unpaired) electrons. The quantitative estimate of drug-likeness (QED) is 0.744. The third kappa shape index (κ3) is 1.43. The molecule has 1 aliphatic carbocycles. The van der Waals surface area contributed by atoms with E-state index in [4.69, 9.17) is 11.6 Å². The first kappa shape index (κ1) is 9.85. The Morgan fingerprint density at radius 2 is 1.94 bits per heavy atom. The number of aryl methyl sites for hydroxylation is 1. The minimum Gasteiger partial charge on any atom is -0.222 e. The molecule has 0 saturated carbocycles. The second-order valence-electron chi connectivity index (χ2n) is 3.96. The summed E-state index contributed by atoms with van der Waals surface area (Å²) in [6.07, 6.45) is 3.11. The van der Waals surface area contributed by atoms with E-state index >= 15 is 0 Å². The maximum absolute atomic E-state index is 12.8. The number of halogens is 2. The number of nitrogens with zero attached hydrogens (tertiary/aromatic N) is 2. The van der Waals surface area contributed by atoms with Gasteiger partial charge in [-0.05, 0) is 43.5 Å². The molecule has 0 fully saturated rings. The van der Waals surface area contributed by atoms with Gasteiger partial charge in [-0.3, -0.25) is 0 Å². The molecule has 0 amide bonds. The number of rotatable bonds is 1. The molecule has 4 heteroatoms. The molecule has 0 atom stereocenters. The first-order chi connectivity index (χ1) is 7.75. The van der Waals surface area contributed by atoms with Crippen molar-refractivity contribution in [1.29, 1.82) is 0 Å². The number of hydrogen-bond acceptors (Lipinski definition) is 1. The largest absolute Gasteiger partial charge is 0.222 e. The van der Waals surface area contributed by atoms with Crippen LogP contribution in [0.2, 0.25) is 5.15 Å². The highest BCUT2D eigenvalue weighted by Crippen LogP contribution is 2.30. The molecule has 2 nitrogen and oxygen atoms in total. The van der Waals surface area contributed by atoms with Gasteiger partial charge in [0.25, 0.3) is 0 Å². The van der Waals surface area contributed by atoms with E-state index in [0.717, 1.165) is 36.2 Å². The Morgan fingerprint density at radius 1 is 1.19 bits per heavy atom. The SMILES string of the molecule is Fc1ccc(-n2nc3c(c2Cl)CCC3)cc1. The summed E-state index contributed by atoms with van der Waals surface area (Å²) in [4.78, 5) is 0. The van der Waals surface area contributed by atoms with E-state index in [9.17, 15) is 4.39 Å². The van der Waals surface area contributed by atoms with Gasteiger partial charge in [-0.2, -0.15) is 5.10 Å². The van der Waals surface area contributed by atoms with Crippen LogP contribution in [0.5, 0.6) is 0 Å². The van der Waals surface area contributed by atoms with E-state index in [1.54, 1.807) is 16.8 Å². The molecule has 82 valence electrons. The lowest BCUT2D eigenvalue weighted by atomic mass is 10.3.